The van der Waals surface area contributed by atoms with Gasteiger partial charge in [-0.3, -0.25) is 4.90 Å². The van der Waals surface area contributed by atoms with Gasteiger partial charge in [0.1, 0.15) is 5.75 Å². The fraction of sp³-hybridized carbons (Fsp3) is 0.474. The average molecular weight is 326 g/mol. The first kappa shape index (κ1) is 16.9. The highest BCUT2D eigenvalue weighted by molar-refractivity contribution is 5.29. The lowest BCUT2D eigenvalue weighted by molar-refractivity contribution is 0.191. The van der Waals surface area contributed by atoms with Crippen molar-refractivity contribution < 1.29 is 4.74 Å². The van der Waals surface area contributed by atoms with Gasteiger partial charge in [0.05, 0.1) is 0 Å². The Morgan fingerprint density at radius 1 is 1.12 bits per heavy atom. The molecule has 2 heterocycles. The van der Waals surface area contributed by atoms with E-state index in [-0.39, 0.29) is 0 Å². The van der Waals surface area contributed by atoms with Gasteiger partial charge in [0.15, 0.2) is 0 Å². The van der Waals surface area contributed by atoms with E-state index in [1.807, 2.05) is 12.1 Å². The van der Waals surface area contributed by atoms with Gasteiger partial charge in [-0.05, 0) is 57.2 Å². The Hall–Kier alpha value is -1.98. The van der Waals surface area contributed by atoms with Crippen LogP contribution >= 0.6 is 0 Å². The molecule has 24 heavy (non-hydrogen) atoms. The van der Waals surface area contributed by atoms with Crippen molar-refractivity contribution in [3.63, 3.8) is 0 Å². The molecule has 5 heteroatoms. The number of ether oxygens (including phenoxy) is 1. The number of likely N-dealkylation sites (tertiary alicyclic amines) is 1. The lowest BCUT2D eigenvalue weighted by Gasteiger charge is -2.28. The zero-order chi connectivity index (χ0) is 16.8. The Bertz CT molecular complexity index is 615. The highest BCUT2D eigenvalue weighted by Crippen LogP contribution is 2.20. The van der Waals surface area contributed by atoms with Gasteiger partial charge in [-0.1, -0.05) is 18.6 Å². The molecule has 0 saturated carbocycles. The predicted octanol–water partition coefficient (Wildman–Crippen LogP) is 3.19. The Balaban J connectivity index is 1.59. The summed E-state index contributed by atoms with van der Waals surface area (Å²) in [5.41, 5.74) is 1.32. The largest absolute Gasteiger partial charge is 0.424 e. The predicted molar refractivity (Wildman–Crippen MR) is 95.2 cm³/mol. The van der Waals surface area contributed by atoms with Crippen molar-refractivity contribution in [1.82, 2.24) is 19.8 Å². The van der Waals surface area contributed by atoms with Crippen LogP contribution in [-0.2, 0) is 6.54 Å². The molecule has 0 N–H and O–H groups in total. The number of hydrogen-bond acceptors (Lipinski definition) is 5. The van der Waals surface area contributed by atoms with Crippen LogP contribution in [-0.4, -0.2) is 53.0 Å². The number of aromatic nitrogens is 2. The van der Waals surface area contributed by atoms with Crippen LogP contribution in [0.3, 0.4) is 0 Å². The third-order valence-corrected chi connectivity index (χ3v) is 4.54. The van der Waals surface area contributed by atoms with Crippen LogP contribution in [0.5, 0.6) is 11.8 Å². The number of rotatable bonds is 5. The Morgan fingerprint density at radius 3 is 2.58 bits per heavy atom. The molecule has 2 aromatic rings. The minimum atomic E-state index is 0.381. The Kier molecular flexibility index (Phi) is 5.77. The first-order chi connectivity index (χ1) is 11.7. The molecule has 1 aromatic heterocycles. The Labute approximate surface area is 144 Å². The topological polar surface area (TPSA) is 41.5 Å². The molecule has 0 bridgehead atoms. The van der Waals surface area contributed by atoms with Gasteiger partial charge in [-0.15, -0.1) is 0 Å². The van der Waals surface area contributed by atoms with Gasteiger partial charge in [0.2, 0.25) is 0 Å². The van der Waals surface area contributed by atoms with Crippen molar-refractivity contribution in [3.05, 3.63) is 48.3 Å². The van der Waals surface area contributed by atoms with Crippen molar-refractivity contribution in [2.24, 2.45) is 0 Å². The standard InChI is InChI=1S/C19H26N4O/c1-22(2)17-6-3-4-13-23(15-17)14-16-7-9-18(10-8-16)24-19-20-11-5-12-21-19/h5,7-12,17H,3-4,6,13-15H2,1-2H3. The molecule has 1 aliphatic rings. The van der Waals surface area contributed by atoms with Crippen LogP contribution < -0.4 is 4.74 Å². The van der Waals surface area contributed by atoms with E-state index < -0.39 is 0 Å². The van der Waals surface area contributed by atoms with Crippen LogP contribution in [0.2, 0.25) is 0 Å². The van der Waals surface area contributed by atoms with Crippen molar-refractivity contribution in [1.29, 1.82) is 0 Å². The molecule has 0 amide bonds. The maximum atomic E-state index is 5.65. The fourth-order valence-corrected chi connectivity index (χ4v) is 3.13. The minimum absolute atomic E-state index is 0.381. The van der Waals surface area contributed by atoms with Crippen molar-refractivity contribution in [2.45, 2.75) is 31.8 Å². The summed E-state index contributed by atoms with van der Waals surface area (Å²) >= 11 is 0. The first-order valence-electron chi connectivity index (χ1n) is 8.63. The highest BCUT2D eigenvalue weighted by Gasteiger charge is 2.19. The van der Waals surface area contributed by atoms with Crippen LogP contribution in [0.15, 0.2) is 42.7 Å². The average Bonchev–Trinajstić information content (AvgIpc) is 2.83. The molecule has 5 nitrogen and oxygen atoms in total. The number of benzene rings is 1. The molecule has 1 fully saturated rings. The van der Waals surface area contributed by atoms with E-state index in [2.05, 4.69) is 46.0 Å². The number of likely N-dealkylation sites (N-methyl/N-ethyl adjacent to an activating group) is 1. The van der Waals surface area contributed by atoms with Crippen LogP contribution in [0, 0.1) is 0 Å². The monoisotopic (exact) mass is 326 g/mol. The maximum absolute atomic E-state index is 5.65. The van der Waals surface area contributed by atoms with E-state index in [9.17, 15) is 0 Å². The van der Waals surface area contributed by atoms with E-state index in [0.717, 1.165) is 18.8 Å². The number of hydrogen-bond donors (Lipinski definition) is 0. The molecule has 128 valence electrons. The number of nitrogens with zero attached hydrogens (tertiary/aromatic N) is 4. The molecule has 1 unspecified atom stereocenters. The van der Waals surface area contributed by atoms with E-state index in [0.29, 0.717) is 12.1 Å². The molecular weight excluding hydrogens is 300 g/mol. The molecule has 0 aliphatic carbocycles. The lowest BCUT2D eigenvalue weighted by Crippen LogP contribution is -2.38. The second-order valence-electron chi connectivity index (χ2n) is 6.63. The van der Waals surface area contributed by atoms with E-state index in [4.69, 9.17) is 4.74 Å². The maximum Gasteiger partial charge on any atom is 0.321 e. The summed E-state index contributed by atoms with van der Waals surface area (Å²) in [5, 5.41) is 0. The molecular formula is C19H26N4O. The van der Waals surface area contributed by atoms with E-state index in [1.54, 1.807) is 18.5 Å². The van der Waals surface area contributed by atoms with Gasteiger partial charge in [0.25, 0.3) is 0 Å². The zero-order valence-electron chi connectivity index (χ0n) is 14.6. The molecule has 1 aliphatic heterocycles. The summed E-state index contributed by atoms with van der Waals surface area (Å²) in [5.74, 6) is 0.770. The molecule has 0 spiro atoms. The SMILES string of the molecule is CN(C)C1CCCCN(Cc2ccc(Oc3ncccn3)cc2)C1. The lowest BCUT2D eigenvalue weighted by atomic mass is 10.1. The highest BCUT2D eigenvalue weighted by atomic mass is 16.5. The van der Waals surface area contributed by atoms with Gasteiger partial charge in [-0.2, -0.15) is 0 Å². The Morgan fingerprint density at radius 2 is 1.88 bits per heavy atom. The van der Waals surface area contributed by atoms with Gasteiger partial charge in [0, 0.05) is 31.5 Å². The fourth-order valence-electron chi connectivity index (χ4n) is 3.13. The summed E-state index contributed by atoms with van der Waals surface area (Å²) < 4.78 is 5.65. The normalized spacial score (nSPS) is 19.2. The van der Waals surface area contributed by atoms with Crippen molar-refractivity contribution in [3.8, 4) is 11.8 Å². The van der Waals surface area contributed by atoms with Crippen molar-refractivity contribution >= 4 is 0 Å². The molecule has 1 aromatic carbocycles. The first-order valence-corrected chi connectivity index (χ1v) is 8.63. The second kappa shape index (κ2) is 8.22. The third kappa shape index (κ3) is 4.76. The van der Waals surface area contributed by atoms with Crippen LogP contribution in [0.4, 0.5) is 0 Å². The molecule has 1 saturated heterocycles. The van der Waals surface area contributed by atoms with Gasteiger partial charge < -0.3 is 9.64 Å². The minimum Gasteiger partial charge on any atom is -0.424 e. The summed E-state index contributed by atoms with van der Waals surface area (Å²) in [4.78, 5) is 13.1. The quantitative estimate of drug-likeness (QED) is 0.844. The smallest absolute Gasteiger partial charge is 0.321 e. The van der Waals surface area contributed by atoms with Gasteiger partial charge in [-0.25, -0.2) is 9.97 Å². The zero-order valence-corrected chi connectivity index (χ0v) is 14.6. The summed E-state index contributed by atoms with van der Waals surface area (Å²) in [6.45, 7) is 3.32. The van der Waals surface area contributed by atoms with Gasteiger partial charge >= 0.3 is 6.01 Å². The summed E-state index contributed by atoms with van der Waals surface area (Å²) in [7, 11) is 4.37. The summed E-state index contributed by atoms with van der Waals surface area (Å²) in [6, 6.07) is 11.1. The van der Waals surface area contributed by atoms with Crippen LogP contribution in [0.1, 0.15) is 24.8 Å². The molecule has 0 radical (unpaired) electrons. The van der Waals surface area contributed by atoms with E-state index >= 15 is 0 Å². The second-order valence-corrected chi connectivity index (χ2v) is 6.63. The molecule has 1 atom stereocenters. The summed E-state index contributed by atoms with van der Waals surface area (Å²) in [6.07, 6.45) is 7.27. The van der Waals surface area contributed by atoms with E-state index in [1.165, 1.54) is 31.4 Å². The molecule has 3 rings (SSSR count). The van der Waals surface area contributed by atoms with Crippen molar-refractivity contribution in [2.75, 3.05) is 27.2 Å². The van der Waals surface area contributed by atoms with Crippen LogP contribution in [0.25, 0.3) is 0 Å². The third-order valence-electron chi connectivity index (χ3n) is 4.54.